The van der Waals surface area contributed by atoms with Crippen LogP contribution in [0.15, 0.2) is 24.3 Å². The minimum Gasteiger partial charge on any atom is -0.478 e. The van der Waals surface area contributed by atoms with Gasteiger partial charge in [-0.25, -0.2) is 9.59 Å². The minimum absolute atomic E-state index is 0.0648. The number of benzene rings is 1. The molecular weight excluding hydrogens is 322 g/mol. The molecular formula is C19H27NO5. The van der Waals surface area contributed by atoms with Crippen molar-refractivity contribution < 1.29 is 24.2 Å². The third kappa shape index (κ3) is 4.38. The third-order valence-electron chi connectivity index (χ3n) is 4.88. The average Bonchev–Trinajstić information content (AvgIpc) is 3.06. The molecule has 25 heavy (non-hydrogen) atoms. The average molecular weight is 349 g/mol. The lowest BCUT2D eigenvalue weighted by atomic mass is 9.77. The molecule has 0 aliphatic carbocycles. The number of nitrogens with one attached hydrogen (secondary N) is 1. The molecule has 1 aliphatic heterocycles. The molecule has 0 amide bonds. The van der Waals surface area contributed by atoms with E-state index in [0.717, 1.165) is 6.54 Å². The third-order valence-corrected chi connectivity index (χ3v) is 4.88. The van der Waals surface area contributed by atoms with Gasteiger partial charge in [0.05, 0.1) is 17.7 Å². The van der Waals surface area contributed by atoms with Gasteiger partial charge in [0.2, 0.25) is 0 Å². The number of hydrogen-bond donors (Lipinski definition) is 2. The first kappa shape index (κ1) is 19.4. The standard InChI is InChI=1S/C19H27NO5/c1-12(2)19(13(3)4,11-16-20-8-9-24-16)25-18(23)15-7-5-6-14(10-15)17(21)22/h5-7,10,12-13,16,20H,8-9,11H2,1-4H3,(H,21,22). The molecule has 0 radical (unpaired) electrons. The number of carbonyl (C=O) groups excluding carboxylic acids is 1. The van der Waals surface area contributed by atoms with Crippen molar-refractivity contribution in [3.05, 3.63) is 35.4 Å². The zero-order valence-corrected chi connectivity index (χ0v) is 15.2. The summed E-state index contributed by atoms with van der Waals surface area (Å²) in [5.41, 5.74) is -0.404. The second kappa shape index (κ2) is 7.97. The Bertz CT molecular complexity index is 612. The Morgan fingerprint density at radius 3 is 2.44 bits per heavy atom. The number of carboxylic acid groups (broad SMARTS) is 1. The van der Waals surface area contributed by atoms with Gasteiger partial charge in [-0.2, -0.15) is 0 Å². The highest BCUT2D eigenvalue weighted by atomic mass is 16.6. The molecule has 1 unspecified atom stereocenters. The van der Waals surface area contributed by atoms with Gasteiger partial charge in [-0.1, -0.05) is 33.8 Å². The van der Waals surface area contributed by atoms with Crippen LogP contribution < -0.4 is 5.32 Å². The van der Waals surface area contributed by atoms with Gasteiger partial charge in [0.1, 0.15) is 11.8 Å². The number of carbonyl (C=O) groups is 2. The highest BCUT2D eigenvalue weighted by Crippen LogP contribution is 2.36. The number of aromatic carboxylic acids is 1. The highest BCUT2D eigenvalue weighted by molar-refractivity contribution is 5.94. The molecule has 1 saturated heterocycles. The number of ether oxygens (including phenoxy) is 2. The number of esters is 1. The Hall–Kier alpha value is -1.92. The van der Waals surface area contributed by atoms with Crippen LogP contribution in [0.4, 0.5) is 0 Å². The van der Waals surface area contributed by atoms with Crippen molar-refractivity contribution in [2.75, 3.05) is 13.2 Å². The van der Waals surface area contributed by atoms with E-state index in [2.05, 4.69) is 5.32 Å². The van der Waals surface area contributed by atoms with E-state index in [0.29, 0.717) is 13.0 Å². The van der Waals surface area contributed by atoms with Crippen LogP contribution in [0.25, 0.3) is 0 Å². The van der Waals surface area contributed by atoms with Gasteiger partial charge in [0, 0.05) is 13.0 Å². The highest BCUT2D eigenvalue weighted by Gasteiger charge is 2.44. The lowest BCUT2D eigenvalue weighted by molar-refractivity contribution is -0.101. The molecule has 6 heteroatoms. The summed E-state index contributed by atoms with van der Waals surface area (Å²) in [6.45, 7) is 9.52. The Morgan fingerprint density at radius 1 is 1.28 bits per heavy atom. The summed E-state index contributed by atoms with van der Waals surface area (Å²) < 4.78 is 11.7. The summed E-state index contributed by atoms with van der Waals surface area (Å²) in [5, 5.41) is 12.4. The lowest BCUT2D eigenvalue weighted by Crippen LogP contribution is -2.49. The van der Waals surface area contributed by atoms with Crippen molar-refractivity contribution in [1.29, 1.82) is 0 Å². The SMILES string of the molecule is CC(C)C(CC1NCCO1)(OC(=O)c1cccc(C(=O)O)c1)C(C)C. The lowest BCUT2D eigenvalue weighted by Gasteiger charge is -2.42. The van der Waals surface area contributed by atoms with E-state index in [9.17, 15) is 9.59 Å². The predicted octanol–water partition coefficient (Wildman–Crippen LogP) is 2.93. The second-order valence-corrected chi connectivity index (χ2v) is 7.06. The first-order chi connectivity index (χ1) is 11.8. The molecule has 6 nitrogen and oxygen atoms in total. The quantitative estimate of drug-likeness (QED) is 0.736. The molecule has 0 spiro atoms. The van der Waals surface area contributed by atoms with Crippen LogP contribution in [-0.4, -0.2) is 42.0 Å². The van der Waals surface area contributed by atoms with E-state index < -0.39 is 17.5 Å². The van der Waals surface area contributed by atoms with E-state index >= 15 is 0 Å². The molecule has 1 aromatic carbocycles. The van der Waals surface area contributed by atoms with Crippen LogP contribution in [-0.2, 0) is 9.47 Å². The monoisotopic (exact) mass is 349 g/mol. The molecule has 1 fully saturated rings. The number of hydrogen-bond acceptors (Lipinski definition) is 5. The van der Waals surface area contributed by atoms with Crippen molar-refractivity contribution >= 4 is 11.9 Å². The van der Waals surface area contributed by atoms with Crippen LogP contribution in [0.1, 0.15) is 54.8 Å². The molecule has 0 aromatic heterocycles. The zero-order valence-electron chi connectivity index (χ0n) is 15.2. The van der Waals surface area contributed by atoms with Gasteiger partial charge in [0.25, 0.3) is 0 Å². The summed E-state index contributed by atoms with van der Waals surface area (Å²) in [6, 6.07) is 5.92. The first-order valence-corrected chi connectivity index (χ1v) is 8.68. The summed E-state index contributed by atoms with van der Waals surface area (Å²) in [5.74, 6) is -1.43. The van der Waals surface area contributed by atoms with E-state index in [4.69, 9.17) is 14.6 Å². The van der Waals surface area contributed by atoms with Crippen molar-refractivity contribution in [2.45, 2.75) is 45.9 Å². The van der Waals surface area contributed by atoms with Gasteiger partial charge in [-0.3, -0.25) is 5.32 Å². The summed E-state index contributed by atoms with van der Waals surface area (Å²) in [4.78, 5) is 23.9. The van der Waals surface area contributed by atoms with Crippen LogP contribution in [0.3, 0.4) is 0 Å². The molecule has 2 N–H and O–H groups in total. The normalized spacial score (nSPS) is 17.9. The van der Waals surface area contributed by atoms with Crippen LogP contribution in [0.2, 0.25) is 0 Å². The molecule has 0 bridgehead atoms. The predicted molar refractivity (Wildman–Crippen MR) is 93.6 cm³/mol. The molecule has 1 heterocycles. The number of carboxylic acids is 1. The maximum Gasteiger partial charge on any atom is 0.338 e. The van der Waals surface area contributed by atoms with Gasteiger partial charge < -0.3 is 14.6 Å². The topological polar surface area (TPSA) is 84.9 Å². The Kier molecular flexibility index (Phi) is 6.19. The van der Waals surface area contributed by atoms with E-state index in [1.807, 2.05) is 27.7 Å². The Balaban J connectivity index is 2.27. The fourth-order valence-corrected chi connectivity index (χ4v) is 3.33. The Labute approximate surface area is 148 Å². The van der Waals surface area contributed by atoms with Crippen LogP contribution in [0, 0.1) is 11.8 Å². The summed E-state index contributed by atoms with van der Waals surface area (Å²) >= 11 is 0. The minimum atomic E-state index is -1.07. The molecule has 1 atom stereocenters. The van der Waals surface area contributed by atoms with E-state index in [-0.39, 0.29) is 29.2 Å². The molecule has 1 aromatic rings. The number of rotatable bonds is 7. The maximum absolute atomic E-state index is 12.7. The molecule has 2 rings (SSSR count). The second-order valence-electron chi connectivity index (χ2n) is 7.06. The Morgan fingerprint density at radius 2 is 1.92 bits per heavy atom. The van der Waals surface area contributed by atoms with E-state index in [1.165, 1.54) is 12.1 Å². The fraction of sp³-hybridized carbons (Fsp3) is 0.579. The van der Waals surface area contributed by atoms with Gasteiger partial charge in [0.15, 0.2) is 0 Å². The van der Waals surface area contributed by atoms with Gasteiger partial charge in [-0.05, 0) is 30.0 Å². The van der Waals surface area contributed by atoms with Crippen LogP contribution in [0.5, 0.6) is 0 Å². The van der Waals surface area contributed by atoms with Crippen LogP contribution >= 0.6 is 0 Å². The fourth-order valence-electron chi connectivity index (χ4n) is 3.33. The summed E-state index contributed by atoms with van der Waals surface area (Å²) in [7, 11) is 0. The largest absolute Gasteiger partial charge is 0.478 e. The molecule has 138 valence electrons. The molecule has 1 aliphatic rings. The van der Waals surface area contributed by atoms with Gasteiger partial charge >= 0.3 is 11.9 Å². The van der Waals surface area contributed by atoms with Crippen molar-refractivity contribution in [2.24, 2.45) is 11.8 Å². The van der Waals surface area contributed by atoms with Gasteiger partial charge in [-0.15, -0.1) is 0 Å². The van der Waals surface area contributed by atoms with Crippen molar-refractivity contribution in [3.8, 4) is 0 Å². The molecule has 0 saturated carbocycles. The summed E-state index contributed by atoms with van der Waals surface area (Å²) in [6.07, 6.45) is 0.398. The first-order valence-electron chi connectivity index (χ1n) is 8.68. The van der Waals surface area contributed by atoms with E-state index in [1.54, 1.807) is 12.1 Å². The van der Waals surface area contributed by atoms with Crippen molar-refractivity contribution in [1.82, 2.24) is 5.32 Å². The maximum atomic E-state index is 12.7. The van der Waals surface area contributed by atoms with Crippen molar-refractivity contribution in [3.63, 3.8) is 0 Å². The smallest absolute Gasteiger partial charge is 0.338 e. The zero-order chi connectivity index (χ0) is 18.6.